The van der Waals surface area contributed by atoms with Crippen LogP contribution < -0.4 is 15.2 Å². The summed E-state index contributed by atoms with van der Waals surface area (Å²) in [6.45, 7) is 6.30. The Hall–Kier alpha value is -2.21. The van der Waals surface area contributed by atoms with Crippen molar-refractivity contribution in [2.75, 3.05) is 6.61 Å². The van der Waals surface area contributed by atoms with Crippen molar-refractivity contribution < 1.29 is 9.47 Å². The maximum absolute atomic E-state index is 5.77. The summed E-state index contributed by atoms with van der Waals surface area (Å²) in [6, 6.07) is 7.25. The average molecular weight is 303 g/mol. The molecule has 1 aromatic carbocycles. The standard InChI is InChI=1S/C15H17N3O2S/c1-4-19-11-5-7-12(8-6-11)20-15-13(14(16)21)9(2)10(3)17-18-15/h5-8H,4H2,1-3H3,(H2,16,21). The number of rotatable bonds is 5. The molecule has 0 spiro atoms. The van der Waals surface area contributed by atoms with Gasteiger partial charge >= 0.3 is 0 Å². The molecule has 110 valence electrons. The fourth-order valence-electron chi connectivity index (χ4n) is 1.83. The highest BCUT2D eigenvalue weighted by Crippen LogP contribution is 2.27. The van der Waals surface area contributed by atoms with E-state index in [0.717, 1.165) is 17.0 Å². The molecule has 0 saturated heterocycles. The van der Waals surface area contributed by atoms with Crippen LogP contribution in [0.3, 0.4) is 0 Å². The van der Waals surface area contributed by atoms with Crippen LogP contribution in [0.15, 0.2) is 24.3 Å². The van der Waals surface area contributed by atoms with Gasteiger partial charge in [0.25, 0.3) is 0 Å². The SMILES string of the molecule is CCOc1ccc(Oc2nnc(C)c(C)c2C(N)=S)cc1. The van der Waals surface area contributed by atoms with E-state index in [2.05, 4.69) is 10.2 Å². The van der Waals surface area contributed by atoms with Crippen molar-refractivity contribution in [2.45, 2.75) is 20.8 Å². The summed E-state index contributed by atoms with van der Waals surface area (Å²) in [5, 5.41) is 8.09. The van der Waals surface area contributed by atoms with Gasteiger partial charge in [-0.25, -0.2) is 0 Å². The predicted molar refractivity (Wildman–Crippen MR) is 85.1 cm³/mol. The maximum Gasteiger partial charge on any atom is 0.249 e. The minimum atomic E-state index is 0.242. The van der Waals surface area contributed by atoms with Crippen LogP contribution in [-0.4, -0.2) is 21.8 Å². The molecule has 21 heavy (non-hydrogen) atoms. The highest BCUT2D eigenvalue weighted by molar-refractivity contribution is 7.80. The number of aromatic nitrogens is 2. The van der Waals surface area contributed by atoms with Gasteiger partial charge < -0.3 is 15.2 Å². The molecule has 5 nitrogen and oxygen atoms in total. The third-order valence-electron chi connectivity index (χ3n) is 3.02. The van der Waals surface area contributed by atoms with Crippen LogP contribution in [0.1, 0.15) is 23.7 Å². The molecule has 2 N–H and O–H groups in total. The lowest BCUT2D eigenvalue weighted by Crippen LogP contribution is -2.15. The highest BCUT2D eigenvalue weighted by atomic mass is 32.1. The highest BCUT2D eigenvalue weighted by Gasteiger charge is 2.15. The van der Waals surface area contributed by atoms with Gasteiger partial charge in [0.05, 0.1) is 17.9 Å². The summed E-state index contributed by atoms with van der Waals surface area (Å²) >= 11 is 5.08. The molecule has 6 heteroatoms. The van der Waals surface area contributed by atoms with Crippen molar-refractivity contribution in [1.29, 1.82) is 0 Å². The van der Waals surface area contributed by atoms with Crippen LogP contribution in [0.5, 0.6) is 17.4 Å². The first-order valence-electron chi connectivity index (χ1n) is 6.57. The fraction of sp³-hybridized carbons (Fsp3) is 0.267. The van der Waals surface area contributed by atoms with Crippen LogP contribution in [-0.2, 0) is 0 Å². The Bertz CT molecular complexity index is 657. The molecule has 0 fully saturated rings. The molecule has 0 bridgehead atoms. The van der Waals surface area contributed by atoms with Crippen molar-refractivity contribution in [3.63, 3.8) is 0 Å². The van der Waals surface area contributed by atoms with E-state index in [0.29, 0.717) is 23.8 Å². The van der Waals surface area contributed by atoms with Gasteiger partial charge in [-0.15, -0.1) is 5.10 Å². The molecule has 0 saturated carbocycles. The molecule has 0 aliphatic carbocycles. The van der Waals surface area contributed by atoms with Gasteiger partial charge in [-0.1, -0.05) is 12.2 Å². The van der Waals surface area contributed by atoms with E-state index >= 15 is 0 Å². The monoisotopic (exact) mass is 303 g/mol. The van der Waals surface area contributed by atoms with E-state index in [1.54, 1.807) is 12.1 Å². The third kappa shape index (κ3) is 3.46. The molecule has 2 rings (SSSR count). The Morgan fingerprint density at radius 3 is 2.33 bits per heavy atom. The van der Waals surface area contributed by atoms with Crippen molar-refractivity contribution in [3.05, 3.63) is 41.1 Å². The first-order chi connectivity index (χ1) is 10.0. The maximum atomic E-state index is 5.77. The summed E-state index contributed by atoms with van der Waals surface area (Å²) in [7, 11) is 0. The van der Waals surface area contributed by atoms with Crippen LogP contribution in [0.25, 0.3) is 0 Å². The smallest absolute Gasteiger partial charge is 0.249 e. The van der Waals surface area contributed by atoms with Crippen molar-refractivity contribution >= 4 is 17.2 Å². The Morgan fingerprint density at radius 1 is 1.14 bits per heavy atom. The van der Waals surface area contributed by atoms with Crippen molar-refractivity contribution in [3.8, 4) is 17.4 Å². The normalized spacial score (nSPS) is 10.2. The fourth-order valence-corrected chi connectivity index (χ4v) is 2.07. The summed E-state index contributed by atoms with van der Waals surface area (Å²) in [6.07, 6.45) is 0. The second kappa shape index (κ2) is 6.49. The Kier molecular flexibility index (Phi) is 4.70. The summed E-state index contributed by atoms with van der Waals surface area (Å²) in [5.74, 6) is 1.72. The minimum absolute atomic E-state index is 0.242. The van der Waals surface area contributed by atoms with E-state index in [1.165, 1.54) is 0 Å². The Balaban J connectivity index is 2.31. The molecule has 0 aliphatic heterocycles. The van der Waals surface area contributed by atoms with Gasteiger partial charge in [-0.05, 0) is 50.6 Å². The van der Waals surface area contributed by atoms with E-state index in [1.807, 2.05) is 32.9 Å². The zero-order valence-corrected chi connectivity index (χ0v) is 13.0. The molecule has 1 aromatic heterocycles. The molecule has 1 heterocycles. The zero-order chi connectivity index (χ0) is 15.4. The van der Waals surface area contributed by atoms with Gasteiger partial charge in [-0.2, -0.15) is 5.10 Å². The zero-order valence-electron chi connectivity index (χ0n) is 12.2. The first kappa shape index (κ1) is 15.2. The number of hydrogen-bond acceptors (Lipinski definition) is 5. The Morgan fingerprint density at radius 2 is 1.76 bits per heavy atom. The van der Waals surface area contributed by atoms with Crippen molar-refractivity contribution in [1.82, 2.24) is 10.2 Å². The number of hydrogen-bond donors (Lipinski definition) is 1. The van der Waals surface area contributed by atoms with Crippen molar-refractivity contribution in [2.24, 2.45) is 5.73 Å². The second-order valence-corrected chi connectivity index (χ2v) is 4.90. The van der Waals surface area contributed by atoms with Gasteiger partial charge in [-0.3, -0.25) is 0 Å². The molecular formula is C15H17N3O2S. The van der Waals surface area contributed by atoms with E-state index in [4.69, 9.17) is 27.4 Å². The molecule has 0 amide bonds. The van der Waals surface area contributed by atoms with Gasteiger partial charge in [0, 0.05) is 0 Å². The van der Waals surface area contributed by atoms with Gasteiger partial charge in [0.15, 0.2) is 0 Å². The van der Waals surface area contributed by atoms with Gasteiger partial charge in [0.2, 0.25) is 5.88 Å². The molecular weight excluding hydrogens is 286 g/mol. The largest absolute Gasteiger partial charge is 0.494 e. The average Bonchev–Trinajstić information content (AvgIpc) is 2.45. The minimum Gasteiger partial charge on any atom is -0.494 e. The number of nitrogens with zero attached hydrogens (tertiary/aromatic N) is 2. The lowest BCUT2D eigenvalue weighted by Gasteiger charge is -2.12. The summed E-state index contributed by atoms with van der Waals surface area (Å²) < 4.78 is 11.1. The first-order valence-corrected chi connectivity index (χ1v) is 6.98. The Labute approximate surface area is 129 Å². The number of benzene rings is 1. The van der Waals surface area contributed by atoms with Crippen LogP contribution in [0, 0.1) is 13.8 Å². The topological polar surface area (TPSA) is 70.3 Å². The number of ether oxygens (including phenoxy) is 2. The molecule has 0 unspecified atom stereocenters. The number of nitrogens with two attached hydrogens (primary N) is 1. The molecule has 0 radical (unpaired) electrons. The molecule has 0 aliphatic rings. The van der Waals surface area contributed by atoms with Crippen LogP contribution in [0.4, 0.5) is 0 Å². The van der Waals surface area contributed by atoms with E-state index < -0.39 is 0 Å². The predicted octanol–water partition coefficient (Wildman–Crippen LogP) is 2.92. The van der Waals surface area contributed by atoms with E-state index in [9.17, 15) is 0 Å². The second-order valence-electron chi connectivity index (χ2n) is 4.46. The third-order valence-corrected chi connectivity index (χ3v) is 3.22. The van der Waals surface area contributed by atoms with Gasteiger partial charge in [0.1, 0.15) is 16.5 Å². The van der Waals surface area contributed by atoms with Crippen LogP contribution in [0.2, 0.25) is 0 Å². The number of thiocarbonyl (C=S) groups is 1. The lowest BCUT2D eigenvalue weighted by molar-refractivity contribution is 0.339. The molecule has 2 aromatic rings. The quantitative estimate of drug-likeness (QED) is 0.856. The number of aryl methyl sites for hydroxylation is 1. The summed E-state index contributed by atoms with van der Waals surface area (Å²) in [5.41, 5.74) is 8.03. The molecule has 0 atom stereocenters. The van der Waals surface area contributed by atoms with Crippen LogP contribution >= 0.6 is 12.2 Å². The lowest BCUT2D eigenvalue weighted by atomic mass is 10.1. The summed E-state index contributed by atoms with van der Waals surface area (Å²) in [4.78, 5) is 0.242. The van der Waals surface area contributed by atoms with E-state index in [-0.39, 0.29) is 4.99 Å².